The number of alkyl halides is 6. The fourth-order valence-electron chi connectivity index (χ4n) is 6.32. The zero-order valence-electron chi connectivity index (χ0n) is 27.5. The van der Waals surface area contributed by atoms with Gasteiger partial charge in [0, 0.05) is 32.0 Å². The highest BCUT2D eigenvalue weighted by atomic mass is 19.4. The maximum atomic E-state index is 14.3. The van der Waals surface area contributed by atoms with Crippen molar-refractivity contribution in [2.24, 2.45) is 5.92 Å². The lowest BCUT2D eigenvalue weighted by atomic mass is 9.86. The minimum atomic E-state index is -5.45. The lowest BCUT2D eigenvalue weighted by molar-refractivity contribution is -0.224. The van der Waals surface area contributed by atoms with Crippen LogP contribution >= 0.6 is 0 Å². The van der Waals surface area contributed by atoms with Crippen LogP contribution in [-0.4, -0.2) is 68.3 Å². The van der Waals surface area contributed by atoms with Crippen LogP contribution in [0.2, 0.25) is 0 Å². The summed E-state index contributed by atoms with van der Waals surface area (Å²) in [5.41, 5.74) is -0.213. The minimum absolute atomic E-state index is 0.00180. The average Bonchev–Trinajstić information content (AvgIpc) is 3.52. The Morgan fingerprint density at radius 1 is 0.918 bits per heavy atom. The van der Waals surface area contributed by atoms with Crippen LogP contribution in [-0.2, 0) is 39.0 Å². The summed E-state index contributed by atoms with van der Waals surface area (Å²) in [4.78, 5) is 48.5. The Kier molecular flexibility index (Phi) is 9.52. The summed E-state index contributed by atoms with van der Waals surface area (Å²) in [7, 11) is 0. The predicted molar refractivity (Wildman–Crippen MR) is 166 cm³/mol. The van der Waals surface area contributed by atoms with Gasteiger partial charge < -0.3 is 19.1 Å². The number of imidazole rings is 1. The van der Waals surface area contributed by atoms with Gasteiger partial charge in [-0.15, -0.1) is 0 Å². The van der Waals surface area contributed by atoms with Gasteiger partial charge >= 0.3 is 18.3 Å². The molecule has 5 rings (SSSR count). The predicted octanol–water partition coefficient (Wildman–Crippen LogP) is 6.38. The van der Waals surface area contributed by atoms with Gasteiger partial charge in [0.25, 0.3) is 5.91 Å². The van der Waals surface area contributed by atoms with Gasteiger partial charge in [0.2, 0.25) is 12.1 Å². The van der Waals surface area contributed by atoms with E-state index in [0.717, 1.165) is 27.5 Å². The highest BCUT2D eigenvalue weighted by molar-refractivity contribution is 6.05. The van der Waals surface area contributed by atoms with Gasteiger partial charge in [-0.2, -0.15) is 26.3 Å². The first-order valence-corrected chi connectivity index (χ1v) is 15.7. The first-order chi connectivity index (χ1) is 22.8. The molecular formula is C34H37F6N5O4. The summed E-state index contributed by atoms with van der Waals surface area (Å²) in [6.45, 7) is 9.33. The Hall–Kier alpha value is -4.56. The van der Waals surface area contributed by atoms with Gasteiger partial charge in [-0.05, 0) is 47.1 Å². The number of hydrogen-bond acceptors (Lipinski definition) is 6. The lowest BCUT2D eigenvalue weighted by Gasteiger charge is -2.57. The van der Waals surface area contributed by atoms with Crippen LogP contribution in [0, 0.1) is 5.92 Å². The van der Waals surface area contributed by atoms with E-state index in [2.05, 4.69) is 4.98 Å². The van der Waals surface area contributed by atoms with Gasteiger partial charge in [-0.1, -0.05) is 58.9 Å². The standard InChI is InChI=1S/C34H37F6N5O4/c1-20(2)26-29(47)44(18-21-7-9-22(10-8-21)32(3,4)5)30(49-31(48)34(38,39)40)27-43(15-6-14-42-16-13-41-19-42)25-12-11-23(33(35,36)37)17-24(25)28(46)45(26)27/h7-13,16-17,19-20,26-27,30H,6,14-15,18H2,1-5H3/t26-,27?,30?/m0/s1. The van der Waals surface area contributed by atoms with Crippen molar-refractivity contribution in [1.82, 2.24) is 19.4 Å². The number of amides is 2. The molecule has 0 saturated carbocycles. The molecule has 1 saturated heterocycles. The first-order valence-electron chi connectivity index (χ1n) is 15.7. The molecule has 2 aromatic carbocycles. The fraction of sp³-hybridized carbons (Fsp3) is 0.471. The lowest BCUT2D eigenvalue weighted by Crippen LogP contribution is -2.75. The van der Waals surface area contributed by atoms with Crippen molar-refractivity contribution in [3.63, 3.8) is 0 Å². The molecule has 2 aliphatic rings. The molecule has 0 bridgehead atoms. The van der Waals surface area contributed by atoms with Crippen molar-refractivity contribution >= 4 is 23.5 Å². The molecule has 0 spiro atoms. The second kappa shape index (κ2) is 13.0. The number of fused-ring (bicyclic) bond motifs is 2. The van der Waals surface area contributed by atoms with E-state index in [1.54, 1.807) is 49.3 Å². The maximum Gasteiger partial charge on any atom is 0.491 e. The van der Waals surface area contributed by atoms with E-state index in [1.807, 2.05) is 32.9 Å². The zero-order valence-corrected chi connectivity index (χ0v) is 27.5. The Labute approximate surface area is 279 Å². The van der Waals surface area contributed by atoms with Gasteiger partial charge in [0.05, 0.1) is 23.1 Å². The molecule has 264 valence electrons. The average molecular weight is 694 g/mol. The van der Waals surface area contributed by atoms with Gasteiger partial charge in [-0.25, -0.2) is 9.78 Å². The zero-order chi connectivity index (χ0) is 36.1. The number of aromatic nitrogens is 2. The quantitative estimate of drug-likeness (QED) is 0.201. The Balaban J connectivity index is 1.67. The molecule has 2 aliphatic heterocycles. The van der Waals surface area contributed by atoms with Crippen LogP contribution in [0.25, 0.3) is 0 Å². The monoisotopic (exact) mass is 693 g/mol. The first kappa shape index (κ1) is 35.7. The molecular weight excluding hydrogens is 656 g/mol. The van der Waals surface area contributed by atoms with Crippen molar-refractivity contribution < 1.29 is 45.5 Å². The SMILES string of the molecule is CC(C)[C@H]1C(=O)N(Cc2ccc(C(C)(C)C)cc2)C(OC(=O)C(F)(F)F)C2N(CCCn3ccnc3)c3ccc(C(F)(F)F)cc3C(=O)N21. The Bertz CT molecular complexity index is 1680. The number of nitrogens with zero attached hydrogens (tertiary/aromatic N) is 5. The van der Waals surface area contributed by atoms with Crippen LogP contribution in [0.15, 0.2) is 61.2 Å². The van der Waals surface area contributed by atoms with E-state index in [9.17, 15) is 40.7 Å². The molecule has 49 heavy (non-hydrogen) atoms. The molecule has 3 heterocycles. The second-order valence-corrected chi connectivity index (χ2v) is 13.6. The van der Waals surface area contributed by atoms with E-state index < -0.39 is 60.1 Å². The van der Waals surface area contributed by atoms with Crippen LogP contribution in [0.1, 0.15) is 68.1 Å². The number of hydrogen-bond donors (Lipinski definition) is 0. The summed E-state index contributed by atoms with van der Waals surface area (Å²) < 4.78 is 89.7. The van der Waals surface area contributed by atoms with E-state index >= 15 is 0 Å². The molecule has 1 fully saturated rings. The topological polar surface area (TPSA) is 88.0 Å². The number of carbonyl (C=O) groups is 3. The molecule has 3 aromatic rings. The highest BCUT2D eigenvalue weighted by Crippen LogP contribution is 2.43. The molecule has 0 N–H and O–H groups in total. The fourth-order valence-corrected chi connectivity index (χ4v) is 6.32. The molecule has 15 heteroatoms. The van der Waals surface area contributed by atoms with Gasteiger partial charge in [0.15, 0.2) is 6.17 Å². The summed E-state index contributed by atoms with van der Waals surface area (Å²) in [6, 6.07) is 8.32. The van der Waals surface area contributed by atoms with Crippen LogP contribution < -0.4 is 4.90 Å². The molecule has 3 atom stereocenters. The minimum Gasteiger partial charge on any atom is -0.430 e. The number of anilines is 1. The Morgan fingerprint density at radius 2 is 1.57 bits per heavy atom. The third-order valence-corrected chi connectivity index (χ3v) is 8.74. The number of aryl methyl sites for hydroxylation is 1. The van der Waals surface area contributed by atoms with Crippen LogP contribution in [0.3, 0.4) is 0 Å². The van der Waals surface area contributed by atoms with E-state index in [-0.39, 0.29) is 29.8 Å². The van der Waals surface area contributed by atoms with E-state index in [4.69, 9.17) is 4.74 Å². The second-order valence-electron chi connectivity index (χ2n) is 13.6. The highest BCUT2D eigenvalue weighted by Gasteiger charge is 2.58. The number of ether oxygens (including phenoxy) is 1. The van der Waals surface area contributed by atoms with Crippen molar-refractivity contribution in [2.45, 2.75) is 90.3 Å². The van der Waals surface area contributed by atoms with Crippen molar-refractivity contribution in [2.75, 3.05) is 11.4 Å². The van der Waals surface area contributed by atoms with Gasteiger partial charge in [-0.3, -0.25) is 14.5 Å². The largest absolute Gasteiger partial charge is 0.491 e. The Morgan fingerprint density at radius 3 is 2.12 bits per heavy atom. The third-order valence-electron chi connectivity index (χ3n) is 8.74. The normalized spacial score (nSPS) is 20.1. The summed E-state index contributed by atoms with van der Waals surface area (Å²) in [6.07, 6.45) is -8.67. The summed E-state index contributed by atoms with van der Waals surface area (Å²) >= 11 is 0. The summed E-state index contributed by atoms with van der Waals surface area (Å²) in [5.74, 6) is -5.02. The summed E-state index contributed by atoms with van der Waals surface area (Å²) in [5, 5.41) is 0. The molecule has 1 aromatic heterocycles. The number of piperazine rings is 1. The van der Waals surface area contributed by atoms with Crippen LogP contribution in [0.5, 0.6) is 0 Å². The molecule has 2 unspecified atom stereocenters. The molecule has 9 nitrogen and oxygen atoms in total. The van der Waals surface area contributed by atoms with Crippen molar-refractivity contribution in [3.8, 4) is 0 Å². The molecule has 2 amide bonds. The van der Waals surface area contributed by atoms with E-state index in [0.29, 0.717) is 24.6 Å². The van der Waals surface area contributed by atoms with Crippen molar-refractivity contribution in [1.29, 1.82) is 0 Å². The van der Waals surface area contributed by atoms with Gasteiger partial charge in [0.1, 0.15) is 6.04 Å². The van der Waals surface area contributed by atoms with Crippen LogP contribution in [0.4, 0.5) is 32.0 Å². The van der Waals surface area contributed by atoms with E-state index in [1.165, 1.54) is 4.90 Å². The third kappa shape index (κ3) is 7.25. The number of halogens is 6. The smallest absolute Gasteiger partial charge is 0.430 e. The number of carbonyl (C=O) groups excluding carboxylic acids is 3. The number of esters is 1. The molecule has 0 radical (unpaired) electrons. The number of rotatable bonds is 8. The maximum absolute atomic E-state index is 14.3. The van der Waals surface area contributed by atoms with Crippen molar-refractivity contribution in [3.05, 3.63) is 83.4 Å². The number of benzene rings is 2. The molecule has 0 aliphatic carbocycles.